The van der Waals surface area contributed by atoms with E-state index in [1.807, 2.05) is 72.6 Å². The molecule has 0 fully saturated rings. The van der Waals surface area contributed by atoms with Crippen LogP contribution in [0.5, 0.6) is 5.75 Å². The second-order valence-corrected chi connectivity index (χ2v) is 7.11. The third-order valence-corrected chi connectivity index (χ3v) is 5.05. The molecule has 1 aromatic heterocycles. The van der Waals surface area contributed by atoms with E-state index in [4.69, 9.17) is 4.74 Å². The van der Waals surface area contributed by atoms with Crippen molar-refractivity contribution in [2.75, 3.05) is 37.5 Å². The van der Waals surface area contributed by atoms with E-state index in [9.17, 15) is 4.79 Å². The molecule has 3 aromatic rings. The predicted octanol–water partition coefficient (Wildman–Crippen LogP) is 3.21. The molecule has 2 aromatic carbocycles. The third-order valence-electron chi connectivity index (χ3n) is 5.05. The number of benzene rings is 2. The van der Waals surface area contributed by atoms with E-state index in [-0.39, 0.29) is 12.5 Å². The second kappa shape index (κ2) is 7.38. The minimum atomic E-state index is 0.0547. The zero-order chi connectivity index (χ0) is 19.7. The van der Waals surface area contributed by atoms with Gasteiger partial charge in [0.05, 0.1) is 7.11 Å². The van der Waals surface area contributed by atoms with Gasteiger partial charge in [-0.2, -0.15) is 5.10 Å². The average Bonchev–Trinajstić information content (AvgIpc) is 3.32. The minimum Gasteiger partial charge on any atom is -0.497 e. The first-order valence-electron chi connectivity index (χ1n) is 9.34. The van der Waals surface area contributed by atoms with Gasteiger partial charge >= 0.3 is 0 Å². The highest BCUT2D eigenvalue weighted by atomic mass is 16.5. The molecule has 6 nitrogen and oxygen atoms in total. The van der Waals surface area contributed by atoms with Gasteiger partial charge in [0.1, 0.15) is 12.3 Å². The molecule has 6 heteroatoms. The van der Waals surface area contributed by atoms with Crippen molar-refractivity contribution < 1.29 is 9.53 Å². The highest BCUT2D eigenvalue weighted by Crippen LogP contribution is 2.31. The van der Waals surface area contributed by atoms with Crippen LogP contribution in [0, 0.1) is 0 Å². The van der Waals surface area contributed by atoms with Gasteiger partial charge in [0.15, 0.2) is 5.82 Å². The Bertz CT molecular complexity index is 992. The molecule has 0 spiro atoms. The van der Waals surface area contributed by atoms with Gasteiger partial charge in [-0.15, -0.1) is 0 Å². The van der Waals surface area contributed by atoms with Crippen LogP contribution >= 0.6 is 0 Å². The van der Waals surface area contributed by atoms with E-state index in [1.54, 1.807) is 11.8 Å². The quantitative estimate of drug-likeness (QED) is 0.686. The molecule has 0 bridgehead atoms. The highest BCUT2D eigenvalue weighted by Gasteiger charge is 2.25. The van der Waals surface area contributed by atoms with Gasteiger partial charge in [-0.05, 0) is 35.7 Å². The van der Waals surface area contributed by atoms with Gasteiger partial charge in [-0.25, -0.2) is 0 Å². The standard InChI is InChI=1S/C22H24N4O2/c1-24(2)22-19(16-8-10-18(28-3)11-9-16)14-25(23-22)15-21(27)26-13-12-17-6-4-5-7-20(17)26/h4-11,14H,12-13,15H2,1-3H3. The van der Waals surface area contributed by atoms with Gasteiger partial charge in [0.2, 0.25) is 5.91 Å². The normalized spacial score (nSPS) is 12.8. The number of para-hydroxylation sites is 1. The smallest absolute Gasteiger partial charge is 0.248 e. The number of hydrogen-bond acceptors (Lipinski definition) is 4. The molecule has 1 aliphatic rings. The maximum absolute atomic E-state index is 12.9. The zero-order valence-electron chi connectivity index (χ0n) is 16.4. The number of methoxy groups -OCH3 is 1. The molecule has 0 atom stereocenters. The Kier molecular flexibility index (Phi) is 4.77. The van der Waals surface area contributed by atoms with Crippen molar-refractivity contribution in [3.63, 3.8) is 0 Å². The lowest BCUT2D eigenvalue weighted by molar-refractivity contribution is -0.119. The molecule has 1 amide bonds. The Morgan fingerprint density at radius 3 is 2.61 bits per heavy atom. The number of amides is 1. The van der Waals surface area contributed by atoms with Crippen molar-refractivity contribution in [3.05, 3.63) is 60.3 Å². The molecule has 0 saturated carbocycles. The maximum Gasteiger partial charge on any atom is 0.248 e. The lowest BCUT2D eigenvalue weighted by Crippen LogP contribution is -2.32. The Hall–Kier alpha value is -3.28. The molecule has 144 valence electrons. The first kappa shape index (κ1) is 18.1. The van der Waals surface area contributed by atoms with Gasteiger partial charge in [-0.1, -0.05) is 30.3 Å². The van der Waals surface area contributed by atoms with Crippen LogP contribution in [-0.2, 0) is 17.8 Å². The molecule has 2 heterocycles. The van der Waals surface area contributed by atoms with E-state index in [2.05, 4.69) is 11.2 Å². The van der Waals surface area contributed by atoms with E-state index >= 15 is 0 Å². The summed E-state index contributed by atoms with van der Waals surface area (Å²) >= 11 is 0. The Morgan fingerprint density at radius 1 is 1.14 bits per heavy atom. The first-order chi connectivity index (χ1) is 13.6. The van der Waals surface area contributed by atoms with Crippen LogP contribution < -0.4 is 14.5 Å². The van der Waals surface area contributed by atoms with Gasteiger partial charge in [-0.3, -0.25) is 9.48 Å². The molecule has 0 aliphatic carbocycles. The summed E-state index contributed by atoms with van der Waals surface area (Å²) < 4.78 is 6.98. The summed E-state index contributed by atoms with van der Waals surface area (Å²) in [6, 6.07) is 16.0. The van der Waals surface area contributed by atoms with Crippen LogP contribution in [0.25, 0.3) is 11.1 Å². The van der Waals surface area contributed by atoms with E-state index in [0.717, 1.165) is 41.3 Å². The number of rotatable bonds is 5. The van der Waals surface area contributed by atoms with Crippen molar-refractivity contribution in [3.8, 4) is 16.9 Å². The van der Waals surface area contributed by atoms with Crippen molar-refractivity contribution in [2.45, 2.75) is 13.0 Å². The first-order valence-corrected chi connectivity index (χ1v) is 9.34. The Morgan fingerprint density at radius 2 is 1.89 bits per heavy atom. The van der Waals surface area contributed by atoms with Crippen LogP contribution in [0.3, 0.4) is 0 Å². The van der Waals surface area contributed by atoms with E-state index < -0.39 is 0 Å². The van der Waals surface area contributed by atoms with E-state index in [0.29, 0.717) is 0 Å². The minimum absolute atomic E-state index is 0.0547. The molecule has 0 radical (unpaired) electrons. The van der Waals surface area contributed by atoms with E-state index in [1.165, 1.54) is 5.56 Å². The Labute approximate surface area is 164 Å². The number of carbonyl (C=O) groups excluding carboxylic acids is 1. The van der Waals surface area contributed by atoms with Crippen LogP contribution in [0.15, 0.2) is 54.7 Å². The van der Waals surface area contributed by atoms with Crippen molar-refractivity contribution in [1.29, 1.82) is 0 Å². The van der Waals surface area contributed by atoms with Crippen LogP contribution in [0.2, 0.25) is 0 Å². The molecule has 0 N–H and O–H groups in total. The topological polar surface area (TPSA) is 50.6 Å². The molecule has 1 aliphatic heterocycles. The monoisotopic (exact) mass is 376 g/mol. The van der Waals surface area contributed by atoms with Crippen molar-refractivity contribution in [1.82, 2.24) is 9.78 Å². The Balaban J connectivity index is 1.59. The molecule has 28 heavy (non-hydrogen) atoms. The fourth-order valence-electron chi connectivity index (χ4n) is 3.62. The zero-order valence-corrected chi connectivity index (χ0v) is 16.4. The number of fused-ring (bicyclic) bond motifs is 1. The van der Waals surface area contributed by atoms with Gasteiger partial charge in [0.25, 0.3) is 0 Å². The molecular formula is C22H24N4O2. The maximum atomic E-state index is 12.9. The summed E-state index contributed by atoms with van der Waals surface area (Å²) in [5, 5.41) is 4.66. The fourth-order valence-corrected chi connectivity index (χ4v) is 3.62. The fraction of sp³-hybridized carbons (Fsp3) is 0.273. The molecule has 0 unspecified atom stereocenters. The van der Waals surface area contributed by atoms with Crippen LogP contribution in [0.1, 0.15) is 5.56 Å². The second-order valence-electron chi connectivity index (χ2n) is 7.11. The molecule has 4 rings (SSSR count). The molecule has 0 saturated heterocycles. The largest absolute Gasteiger partial charge is 0.497 e. The SMILES string of the molecule is COc1ccc(-c2cn(CC(=O)N3CCc4ccccc43)nc2N(C)C)cc1. The highest BCUT2D eigenvalue weighted by molar-refractivity contribution is 5.95. The number of nitrogens with zero attached hydrogens (tertiary/aromatic N) is 4. The molecular weight excluding hydrogens is 352 g/mol. The summed E-state index contributed by atoms with van der Waals surface area (Å²) in [7, 11) is 5.57. The lowest BCUT2D eigenvalue weighted by atomic mass is 10.1. The number of anilines is 2. The van der Waals surface area contributed by atoms with Crippen molar-refractivity contribution >= 4 is 17.4 Å². The lowest BCUT2D eigenvalue weighted by Gasteiger charge is -2.17. The summed E-state index contributed by atoms with van der Waals surface area (Å²) in [5.41, 5.74) is 4.27. The van der Waals surface area contributed by atoms with Crippen LogP contribution in [-0.4, -0.2) is 43.4 Å². The summed E-state index contributed by atoms with van der Waals surface area (Å²) in [4.78, 5) is 16.7. The van der Waals surface area contributed by atoms with Gasteiger partial charge in [0, 0.05) is 38.1 Å². The third kappa shape index (κ3) is 3.33. The average molecular weight is 376 g/mol. The van der Waals surface area contributed by atoms with Crippen LogP contribution in [0.4, 0.5) is 11.5 Å². The number of ether oxygens (including phenoxy) is 1. The number of carbonyl (C=O) groups is 1. The summed E-state index contributed by atoms with van der Waals surface area (Å²) in [6.07, 6.45) is 2.85. The number of aromatic nitrogens is 2. The van der Waals surface area contributed by atoms with Gasteiger partial charge < -0.3 is 14.5 Å². The van der Waals surface area contributed by atoms with Crippen molar-refractivity contribution in [2.24, 2.45) is 0 Å². The predicted molar refractivity (Wildman–Crippen MR) is 111 cm³/mol. The summed E-state index contributed by atoms with van der Waals surface area (Å²) in [6.45, 7) is 0.941. The number of hydrogen-bond donors (Lipinski definition) is 0. The summed E-state index contributed by atoms with van der Waals surface area (Å²) in [5.74, 6) is 1.70.